The number of carbonyl (C=O) groups excluding carboxylic acids is 1. The van der Waals surface area contributed by atoms with Crippen LogP contribution in [0.3, 0.4) is 0 Å². The fourth-order valence-electron chi connectivity index (χ4n) is 4.30. The number of aromatic amines is 1. The van der Waals surface area contributed by atoms with Crippen LogP contribution in [0.2, 0.25) is 0 Å². The Morgan fingerprint density at radius 3 is 2.75 bits per heavy atom. The van der Waals surface area contributed by atoms with E-state index in [4.69, 9.17) is 13.9 Å². The van der Waals surface area contributed by atoms with E-state index in [0.717, 1.165) is 16.7 Å². The van der Waals surface area contributed by atoms with Crippen LogP contribution in [0.1, 0.15) is 44.0 Å². The number of rotatable bonds is 11. The average molecular weight is 495 g/mol. The second-order valence-corrected chi connectivity index (χ2v) is 8.75. The van der Waals surface area contributed by atoms with E-state index in [1.165, 1.54) is 4.68 Å². The molecule has 11 nitrogen and oxygen atoms in total. The number of hydrogen-bond donors (Lipinski definition) is 1. The van der Waals surface area contributed by atoms with Crippen molar-refractivity contribution in [1.82, 2.24) is 30.1 Å². The molecule has 1 unspecified atom stereocenters. The highest BCUT2D eigenvalue weighted by Gasteiger charge is 2.31. The summed E-state index contributed by atoms with van der Waals surface area (Å²) in [6, 6.07) is 10.7. The number of ether oxygens (including phenoxy) is 2. The molecule has 3 heterocycles. The third-order valence-corrected chi connectivity index (χ3v) is 5.87. The number of carbonyl (C=O) groups is 1. The SMILES string of the molecule is CCOC(=O)Cn1nnnc1C(C(C)C)N(Cc1ccco1)Cc1cc2cc(OC)ccc2[nH]c1=O. The van der Waals surface area contributed by atoms with Crippen molar-refractivity contribution < 1.29 is 18.7 Å². The minimum Gasteiger partial charge on any atom is -0.497 e. The van der Waals surface area contributed by atoms with Gasteiger partial charge in [-0.1, -0.05) is 13.8 Å². The number of H-pyrrole nitrogens is 1. The van der Waals surface area contributed by atoms with Gasteiger partial charge in [-0.15, -0.1) is 5.10 Å². The number of esters is 1. The van der Waals surface area contributed by atoms with Crippen molar-refractivity contribution in [3.8, 4) is 5.75 Å². The van der Waals surface area contributed by atoms with Gasteiger partial charge in [0.15, 0.2) is 5.82 Å². The molecule has 0 fully saturated rings. The van der Waals surface area contributed by atoms with E-state index in [2.05, 4.69) is 25.4 Å². The Labute approximate surface area is 208 Å². The molecule has 3 aromatic heterocycles. The summed E-state index contributed by atoms with van der Waals surface area (Å²) in [7, 11) is 1.60. The monoisotopic (exact) mass is 494 g/mol. The van der Waals surface area contributed by atoms with Crippen LogP contribution in [0, 0.1) is 5.92 Å². The Kier molecular flexibility index (Phi) is 7.79. The fraction of sp³-hybridized carbons (Fsp3) is 0.400. The largest absolute Gasteiger partial charge is 0.497 e. The average Bonchev–Trinajstić information content (AvgIpc) is 3.52. The number of pyridine rings is 1. The van der Waals surface area contributed by atoms with Gasteiger partial charge in [0.05, 0.1) is 32.6 Å². The van der Waals surface area contributed by atoms with Gasteiger partial charge in [0.25, 0.3) is 5.56 Å². The molecule has 0 saturated heterocycles. The lowest BCUT2D eigenvalue weighted by Gasteiger charge is -2.32. The number of benzene rings is 1. The Morgan fingerprint density at radius 1 is 1.22 bits per heavy atom. The van der Waals surface area contributed by atoms with Crippen LogP contribution >= 0.6 is 0 Å². The summed E-state index contributed by atoms with van der Waals surface area (Å²) in [4.78, 5) is 30.3. The lowest BCUT2D eigenvalue weighted by Crippen LogP contribution is -2.35. The van der Waals surface area contributed by atoms with Crippen molar-refractivity contribution in [1.29, 1.82) is 0 Å². The fourth-order valence-corrected chi connectivity index (χ4v) is 4.30. The number of nitrogens with zero attached hydrogens (tertiary/aromatic N) is 5. The highest BCUT2D eigenvalue weighted by atomic mass is 16.5. The van der Waals surface area contributed by atoms with E-state index in [-0.39, 0.29) is 37.2 Å². The Morgan fingerprint density at radius 2 is 2.06 bits per heavy atom. The maximum Gasteiger partial charge on any atom is 0.327 e. The number of aromatic nitrogens is 5. The van der Waals surface area contributed by atoms with Crippen molar-refractivity contribution in [2.75, 3.05) is 13.7 Å². The summed E-state index contributed by atoms with van der Waals surface area (Å²) < 4.78 is 17.5. The number of methoxy groups -OCH3 is 1. The molecule has 4 rings (SSSR count). The van der Waals surface area contributed by atoms with E-state index in [9.17, 15) is 9.59 Å². The van der Waals surface area contributed by atoms with Crippen molar-refractivity contribution in [3.63, 3.8) is 0 Å². The molecule has 1 N–H and O–H groups in total. The van der Waals surface area contributed by atoms with Gasteiger partial charge in [-0.2, -0.15) is 0 Å². The van der Waals surface area contributed by atoms with E-state index in [1.54, 1.807) is 26.4 Å². The molecule has 0 amide bonds. The van der Waals surface area contributed by atoms with Crippen LogP contribution in [0.4, 0.5) is 0 Å². The minimum absolute atomic E-state index is 0.0338. The molecule has 11 heteroatoms. The van der Waals surface area contributed by atoms with Crippen LogP contribution in [-0.2, 0) is 29.2 Å². The maximum absolute atomic E-state index is 13.0. The summed E-state index contributed by atoms with van der Waals surface area (Å²) in [5.74, 6) is 1.54. The predicted octanol–water partition coefficient (Wildman–Crippen LogP) is 3.08. The summed E-state index contributed by atoms with van der Waals surface area (Å²) >= 11 is 0. The zero-order chi connectivity index (χ0) is 25.7. The predicted molar refractivity (Wildman–Crippen MR) is 131 cm³/mol. The third kappa shape index (κ3) is 5.62. The first kappa shape index (κ1) is 25.1. The molecule has 1 atom stereocenters. The van der Waals surface area contributed by atoms with Crippen molar-refractivity contribution >= 4 is 16.9 Å². The van der Waals surface area contributed by atoms with Gasteiger partial charge in [0, 0.05) is 23.0 Å². The molecule has 0 bridgehead atoms. The molecule has 4 aromatic rings. The van der Waals surface area contributed by atoms with E-state index >= 15 is 0 Å². The zero-order valence-electron chi connectivity index (χ0n) is 20.8. The second kappa shape index (κ2) is 11.2. The number of fused-ring (bicyclic) bond motifs is 1. The zero-order valence-corrected chi connectivity index (χ0v) is 20.8. The van der Waals surface area contributed by atoms with Crippen LogP contribution in [-0.4, -0.2) is 49.8 Å². The lowest BCUT2D eigenvalue weighted by molar-refractivity contribution is -0.144. The summed E-state index contributed by atoms with van der Waals surface area (Å²) in [5.41, 5.74) is 1.10. The molecular formula is C25H30N6O5. The van der Waals surface area contributed by atoms with Gasteiger partial charge in [0.2, 0.25) is 0 Å². The first-order valence-electron chi connectivity index (χ1n) is 11.8. The molecule has 0 aliphatic carbocycles. The standard InChI is InChI=1S/C25H30N6O5/c1-5-35-22(32)15-31-24(27-28-29-31)23(16(2)3)30(14-20-7-6-10-36-20)13-18-11-17-12-19(34-4)8-9-21(17)26-25(18)33/h6-12,16,23H,5,13-15H2,1-4H3,(H,26,33). The topological polar surface area (TPSA) is 128 Å². The molecule has 36 heavy (non-hydrogen) atoms. The van der Waals surface area contributed by atoms with Gasteiger partial charge in [-0.05, 0) is 59.7 Å². The van der Waals surface area contributed by atoms with Crippen molar-refractivity contribution in [2.45, 2.75) is 46.4 Å². The highest BCUT2D eigenvalue weighted by Crippen LogP contribution is 2.30. The van der Waals surface area contributed by atoms with E-state index in [1.807, 2.05) is 44.2 Å². The lowest BCUT2D eigenvalue weighted by atomic mass is 10.00. The Balaban J connectivity index is 1.74. The molecule has 0 radical (unpaired) electrons. The van der Waals surface area contributed by atoms with Gasteiger partial charge >= 0.3 is 5.97 Å². The smallest absolute Gasteiger partial charge is 0.327 e. The Bertz CT molecular complexity index is 1360. The highest BCUT2D eigenvalue weighted by molar-refractivity contribution is 5.80. The van der Waals surface area contributed by atoms with Crippen LogP contribution < -0.4 is 10.3 Å². The summed E-state index contributed by atoms with van der Waals surface area (Å²) in [6.45, 7) is 6.68. The van der Waals surface area contributed by atoms with Gasteiger partial charge in [-0.3, -0.25) is 14.5 Å². The molecule has 0 saturated carbocycles. The molecule has 0 aliphatic rings. The van der Waals surface area contributed by atoms with Gasteiger partial charge in [0.1, 0.15) is 18.1 Å². The number of nitrogens with one attached hydrogen (secondary N) is 1. The minimum atomic E-state index is -0.425. The number of hydrogen-bond acceptors (Lipinski definition) is 9. The normalized spacial score (nSPS) is 12.4. The molecule has 190 valence electrons. The molecule has 0 aliphatic heterocycles. The first-order chi connectivity index (χ1) is 17.4. The third-order valence-electron chi connectivity index (χ3n) is 5.87. The Hall–Kier alpha value is -3.99. The quantitative estimate of drug-likeness (QED) is 0.313. The van der Waals surface area contributed by atoms with Crippen molar-refractivity contribution in [2.24, 2.45) is 5.92 Å². The van der Waals surface area contributed by atoms with E-state index < -0.39 is 5.97 Å². The van der Waals surface area contributed by atoms with E-state index in [0.29, 0.717) is 23.7 Å². The number of tetrazole rings is 1. The molecular weight excluding hydrogens is 464 g/mol. The van der Waals surface area contributed by atoms with Crippen LogP contribution in [0.25, 0.3) is 10.9 Å². The van der Waals surface area contributed by atoms with Crippen molar-refractivity contribution in [3.05, 3.63) is 70.2 Å². The molecule has 1 aromatic carbocycles. The second-order valence-electron chi connectivity index (χ2n) is 8.75. The van der Waals surface area contributed by atoms with Crippen LogP contribution in [0.5, 0.6) is 5.75 Å². The number of furan rings is 1. The first-order valence-corrected chi connectivity index (χ1v) is 11.8. The molecule has 0 spiro atoms. The van der Waals surface area contributed by atoms with Gasteiger partial charge < -0.3 is 18.9 Å². The summed E-state index contributed by atoms with van der Waals surface area (Å²) in [5, 5.41) is 13.0. The maximum atomic E-state index is 13.0. The van der Waals surface area contributed by atoms with Gasteiger partial charge in [-0.25, -0.2) is 4.68 Å². The summed E-state index contributed by atoms with van der Waals surface area (Å²) in [6.07, 6.45) is 1.61. The van der Waals surface area contributed by atoms with Crippen LogP contribution in [0.15, 0.2) is 51.9 Å².